The summed E-state index contributed by atoms with van der Waals surface area (Å²) in [6.45, 7) is 6.95. The molecule has 0 unspecified atom stereocenters. The van der Waals surface area contributed by atoms with Gasteiger partial charge in [-0.3, -0.25) is 4.79 Å². The SMILES string of the molecule is CCOc1cccc2c1OC(C)(C)[C@@H]1C[C@@H]3[C@@H](CCCN3C(=O)c3cccc(F)c3C(=O)O)O[C@@H]21. The summed E-state index contributed by atoms with van der Waals surface area (Å²) in [7, 11) is 0. The van der Waals surface area contributed by atoms with Crippen molar-refractivity contribution in [2.45, 2.75) is 63.9 Å². The van der Waals surface area contributed by atoms with Crippen LogP contribution in [0, 0.1) is 11.7 Å². The largest absolute Gasteiger partial charge is 0.490 e. The first-order valence-corrected chi connectivity index (χ1v) is 12.2. The van der Waals surface area contributed by atoms with Gasteiger partial charge >= 0.3 is 5.97 Å². The second-order valence-electron chi connectivity index (χ2n) is 9.93. The monoisotopic (exact) mass is 483 g/mol. The number of ether oxygens (including phenoxy) is 3. The van der Waals surface area contributed by atoms with E-state index in [4.69, 9.17) is 14.2 Å². The lowest BCUT2D eigenvalue weighted by Gasteiger charge is -2.54. The van der Waals surface area contributed by atoms with E-state index in [2.05, 4.69) is 0 Å². The van der Waals surface area contributed by atoms with Gasteiger partial charge in [-0.25, -0.2) is 9.18 Å². The Morgan fingerprint density at radius 1 is 1.23 bits per heavy atom. The standard InChI is InChI=1S/C27H30FNO6/c1-4-33-21-11-6-9-16-23-17(27(2,3)35-24(16)21)14-19-20(34-23)12-7-13-29(19)25(30)15-8-5-10-18(28)22(15)26(31)32/h5-6,8-11,17,19-20,23H,4,7,12-14H2,1-3H3,(H,31,32)/t17-,19-,20-,23+/m1/s1. The van der Waals surface area contributed by atoms with Gasteiger partial charge in [-0.05, 0) is 58.2 Å². The van der Waals surface area contributed by atoms with Gasteiger partial charge in [0.1, 0.15) is 17.0 Å². The molecule has 3 aliphatic rings. The van der Waals surface area contributed by atoms with Gasteiger partial charge in [0.2, 0.25) is 0 Å². The summed E-state index contributed by atoms with van der Waals surface area (Å²) >= 11 is 0. The van der Waals surface area contributed by atoms with Gasteiger partial charge in [0.25, 0.3) is 5.91 Å². The Balaban J connectivity index is 1.49. The van der Waals surface area contributed by atoms with E-state index in [9.17, 15) is 19.1 Å². The second kappa shape index (κ2) is 8.82. The summed E-state index contributed by atoms with van der Waals surface area (Å²) < 4.78 is 33.3. The van der Waals surface area contributed by atoms with Crippen LogP contribution in [0.1, 0.15) is 72.4 Å². The summed E-state index contributed by atoms with van der Waals surface area (Å²) in [5, 5.41) is 9.54. The minimum atomic E-state index is -1.46. The number of benzene rings is 2. The molecule has 2 aromatic carbocycles. The number of likely N-dealkylation sites (tertiary alicyclic amines) is 1. The number of fused-ring (bicyclic) bond motifs is 4. The summed E-state index contributed by atoms with van der Waals surface area (Å²) in [6.07, 6.45) is 1.70. The third kappa shape index (κ3) is 3.93. The molecule has 4 atom stereocenters. The number of hydrogen-bond acceptors (Lipinski definition) is 5. The molecule has 186 valence electrons. The highest BCUT2D eigenvalue weighted by molar-refractivity contribution is 6.05. The molecule has 0 radical (unpaired) electrons. The Morgan fingerprint density at radius 3 is 2.74 bits per heavy atom. The number of carboxylic acids is 1. The summed E-state index contributed by atoms with van der Waals surface area (Å²) in [6, 6.07) is 9.38. The van der Waals surface area contributed by atoms with E-state index in [1.807, 2.05) is 39.0 Å². The van der Waals surface area contributed by atoms with Crippen molar-refractivity contribution in [2.75, 3.05) is 13.2 Å². The molecule has 3 heterocycles. The fourth-order valence-corrected chi connectivity index (χ4v) is 5.87. The molecule has 2 aromatic rings. The number of amides is 1. The zero-order valence-electron chi connectivity index (χ0n) is 20.1. The maximum Gasteiger partial charge on any atom is 0.339 e. The van der Waals surface area contributed by atoms with Crippen LogP contribution in [-0.2, 0) is 4.74 Å². The molecule has 2 fully saturated rings. The van der Waals surface area contributed by atoms with E-state index in [1.54, 1.807) is 4.90 Å². The van der Waals surface area contributed by atoms with Gasteiger partial charge in [0.15, 0.2) is 11.5 Å². The number of halogens is 1. The first kappa shape index (κ1) is 23.6. The smallest absolute Gasteiger partial charge is 0.339 e. The van der Waals surface area contributed by atoms with Crippen molar-refractivity contribution in [3.8, 4) is 11.5 Å². The molecular formula is C27H30FNO6. The van der Waals surface area contributed by atoms with Gasteiger partial charge in [0.05, 0.1) is 30.4 Å². The number of carbonyl (C=O) groups is 2. The lowest BCUT2D eigenvalue weighted by molar-refractivity contribution is -0.184. The van der Waals surface area contributed by atoms with Crippen LogP contribution in [0.25, 0.3) is 0 Å². The highest BCUT2D eigenvalue weighted by Gasteiger charge is 2.53. The predicted molar refractivity (Wildman–Crippen MR) is 125 cm³/mol. The number of rotatable bonds is 4. The van der Waals surface area contributed by atoms with E-state index in [1.165, 1.54) is 12.1 Å². The van der Waals surface area contributed by atoms with Crippen molar-refractivity contribution in [3.05, 3.63) is 58.9 Å². The number of nitrogens with zero attached hydrogens (tertiary/aromatic N) is 1. The third-order valence-electron chi connectivity index (χ3n) is 7.49. The number of piperidine rings is 1. The molecule has 7 nitrogen and oxygen atoms in total. The maximum absolute atomic E-state index is 14.3. The average molecular weight is 484 g/mol. The molecule has 8 heteroatoms. The summed E-state index contributed by atoms with van der Waals surface area (Å²) in [5.74, 6) is -1.51. The third-order valence-corrected chi connectivity index (χ3v) is 7.49. The van der Waals surface area contributed by atoms with Crippen LogP contribution >= 0.6 is 0 Å². The van der Waals surface area contributed by atoms with Crippen LogP contribution < -0.4 is 9.47 Å². The first-order chi connectivity index (χ1) is 16.7. The molecule has 0 spiro atoms. The molecule has 0 aromatic heterocycles. The molecule has 2 saturated heterocycles. The fraction of sp³-hybridized carbons (Fsp3) is 0.481. The van der Waals surface area contributed by atoms with Gasteiger partial charge in [-0.1, -0.05) is 18.2 Å². The van der Waals surface area contributed by atoms with Crippen molar-refractivity contribution in [1.82, 2.24) is 4.90 Å². The number of para-hydroxylation sites is 1. The highest BCUT2D eigenvalue weighted by Crippen LogP contribution is 2.54. The van der Waals surface area contributed by atoms with Crippen LogP contribution in [0.15, 0.2) is 36.4 Å². The van der Waals surface area contributed by atoms with Crippen LogP contribution in [-0.4, -0.2) is 52.8 Å². The van der Waals surface area contributed by atoms with E-state index >= 15 is 0 Å². The zero-order valence-corrected chi connectivity index (χ0v) is 20.1. The van der Waals surface area contributed by atoms with Crippen molar-refractivity contribution in [3.63, 3.8) is 0 Å². The minimum Gasteiger partial charge on any atom is -0.490 e. The van der Waals surface area contributed by atoms with Gasteiger partial charge < -0.3 is 24.2 Å². The minimum absolute atomic E-state index is 0.0482. The molecule has 1 amide bonds. The van der Waals surface area contributed by atoms with E-state index in [0.29, 0.717) is 37.5 Å². The van der Waals surface area contributed by atoms with Crippen molar-refractivity contribution in [2.24, 2.45) is 5.92 Å². The fourth-order valence-electron chi connectivity index (χ4n) is 5.87. The predicted octanol–water partition coefficient (Wildman–Crippen LogP) is 4.84. The Kier molecular flexibility index (Phi) is 5.95. The Labute approximate surface area is 203 Å². The number of aromatic carboxylic acids is 1. The molecule has 0 aliphatic carbocycles. The molecule has 5 rings (SSSR count). The highest BCUT2D eigenvalue weighted by atomic mass is 19.1. The van der Waals surface area contributed by atoms with Crippen LogP contribution in [0.4, 0.5) is 4.39 Å². The van der Waals surface area contributed by atoms with Crippen molar-refractivity contribution in [1.29, 1.82) is 0 Å². The molecule has 3 aliphatic heterocycles. The Bertz CT molecular complexity index is 1160. The molecule has 1 N–H and O–H groups in total. The van der Waals surface area contributed by atoms with Crippen LogP contribution in [0.3, 0.4) is 0 Å². The normalized spacial score (nSPS) is 26.6. The topological polar surface area (TPSA) is 85.3 Å². The molecular weight excluding hydrogens is 453 g/mol. The van der Waals surface area contributed by atoms with Crippen molar-refractivity contribution < 1.29 is 33.3 Å². The Hall–Kier alpha value is -3.13. The van der Waals surface area contributed by atoms with Crippen molar-refractivity contribution >= 4 is 11.9 Å². The molecule has 0 bridgehead atoms. The van der Waals surface area contributed by atoms with E-state index in [-0.39, 0.29) is 29.7 Å². The molecule has 35 heavy (non-hydrogen) atoms. The van der Waals surface area contributed by atoms with Gasteiger partial charge in [-0.2, -0.15) is 0 Å². The van der Waals surface area contributed by atoms with E-state index in [0.717, 1.165) is 18.1 Å². The van der Waals surface area contributed by atoms with Crippen LogP contribution in [0.5, 0.6) is 11.5 Å². The van der Waals surface area contributed by atoms with Gasteiger partial charge in [-0.15, -0.1) is 0 Å². The molecule has 0 saturated carbocycles. The summed E-state index contributed by atoms with van der Waals surface area (Å²) in [4.78, 5) is 26.9. The number of carboxylic acid groups (broad SMARTS) is 1. The Morgan fingerprint density at radius 2 is 2.00 bits per heavy atom. The quantitative estimate of drug-likeness (QED) is 0.670. The van der Waals surface area contributed by atoms with E-state index < -0.39 is 28.9 Å². The maximum atomic E-state index is 14.3. The average Bonchev–Trinajstić information content (AvgIpc) is 2.82. The number of carbonyl (C=O) groups excluding carboxylic acids is 1. The lowest BCUT2D eigenvalue weighted by atomic mass is 9.72. The second-order valence-corrected chi connectivity index (χ2v) is 9.93. The van der Waals surface area contributed by atoms with Crippen LogP contribution in [0.2, 0.25) is 0 Å². The summed E-state index contributed by atoms with van der Waals surface area (Å²) in [5.41, 5.74) is -0.368. The number of hydrogen-bond donors (Lipinski definition) is 1. The first-order valence-electron chi connectivity index (χ1n) is 12.2. The zero-order chi connectivity index (χ0) is 24.9. The lowest BCUT2D eigenvalue weighted by Crippen LogP contribution is -2.60. The van der Waals surface area contributed by atoms with Gasteiger partial charge in [0, 0.05) is 18.0 Å².